The summed E-state index contributed by atoms with van der Waals surface area (Å²) in [7, 11) is 1.25. The number of hydrogen-bond donors (Lipinski definition) is 2. The number of amides is 1. The van der Waals surface area contributed by atoms with Crippen molar-refractivity contribution in [2.75, 3.05) is 7.11 Å². The van der Waals surface area contributed by atoms with Crippen LogP contribution in [0.1, 0.15) is 12.5 Å². The van der Waals surface area contributed by atoms with Crippen molar-refractivity contribution >= 4 is 24.7 Å². The molecule has 1 N–H and O–H groups in total. The van der Waals surface area contributed by atoms with Gasteiger partial charge in [0.1, 0.15) is 12.6 Å². The first-order valence-electron chi connectivity index (χ1n) is 5.77. The molecule has 0 saturated carbocycles. The third-order valence-electron chi connectivity index (χ3n) is 2.42. The van der Waals surface area contributed by atoms with E-state index in [1.807, 2.05) is 30.3 Å². The Labute approximate surface area is 117 Å². The zero-order valence-corrected chi connectivity index (χ0v) is 11.7. The van der Waals surface area contributed by atoms with Crippen molar-refractivity contribution < 1.29 is 19.1 Å². The molecule has 0 fully saturated rings. The van der Waals surface area contributed by atoms with Crippen LogP contribution in [0.25, 0.3) is 0 Å². The molecule has 1 aromatic rings. The van der Waals surface area contributed by atoms with Gasteiger partial charge in [0.15, 0.2) is 0 Å². The van der Waals surface area contributed by atoms with Crippen molar-refractivity contribution in [1.82, 2.24) is 5.32 Å². The first kappa shape index (κ1) is 15.4. The summed E-state index contributed by atoms with van der Waals surface area (Å²) in [4.78, 5) is 23.0. The molecule has 1 aromatic carbocycles. The van der Waals surface area contributed by atoms with E-state index in [1.165, 1.54) is 7.11 Å². The number of benzene rings is 1. The van der Waals surface area contributed by atoms with Crippen LogP contribution < -0.4 is 5.32 Å². The van der Waals surface area contributed by atoms with Crippen LogP contribution in [0.3, 0.4) is 0 Å². The monoisotopic (exact) mass is 283 g/mol. The number of thiol groups is 1. The van der Waals surface area contributed by atoms with E-state index in [-0.39, 0.29) is 11.9 Å². The largest absolute Gasteiger partial charge is 0.467 e. The van der Waals surface area contributed by atoms with Gasteiger partial charge in [0.2, 0.25) is 0 Å². The van der Waals surface area contributed by atoms with Crippen molar-refractivity contribution in [3.8, 4) is 0 Å². The van der Waals surface area contributed by atoms with Gasteiger partial charge in [-0.2, -0.15) is 12.6 Å². The van der Waals surface area contributed by atoms with Crippen molar-refractivity contribution in [1.29, 1.82) is 0 Å². The molecule has 0 radical (unpaired) electrons. The third kappa shape index (κ3) is 5.21. The van der Waals surface area contributed by atoms with Crippen LogP contribution in [0.5, 0.6) is 0 Å². The molecule has 2 atom stereocenters. The lowest BCUT2D eigenvalue weighted by atomic mass is 10.2. The molecule has 0 unspecified atom stereocenters. The predicted octanol–water partition coefficient (Wildman–Crippen LogP) is 1.77. The van der Waals surface area contributed by atoms with Crippen molar-refractivity contribution in [2.45, 2.75) is 24.8 Å². The van der Waals surface area contributed by atoms with E-state index in [0.717, 1.165) is 5.56 Å². The SMILES string of the molecule is COC(=O)[C@H](NC(=O)OCc1ccccc1)[C@H](C)S. The van der Waals surface area contributed by atoms with Gasteiger partial charge in [0.05, 0.1) is 7.11 Å². The Morgan fingerprint density at radius 3 is 2.47 bits per heavy atom. The van der Waals surface area contributed by atoms with E-state index >= 15 is 0 Å². The molecule has 5 nitrogen and oxygen atoms in total. The zero-order valence-electron chi connectivity index (χ0n) is 10.8. The molecule has 0 aliphatic heterocycles. The summed E-state index contributed by atoms with van der Waals surface area (Å²) in [6.07, 6.45) is -0.680. The number of ether oxygens (including phenoxy) is 2. The number of methoxy groups -OCH3 is 1. The highest BCUT2D eigenvalue weighted by atomic mass is 32.1. The second kappa shape index (κ2) is 7.68. The van der Waals surface area contributed by atoms with Crippen molar-refractivity contribution in [3.63, 3.8) is 0 Å². The molecular formula is C13H17NO4S. The van der Waals surface area contributed by atoms with E-state index in [4.69, 9.17) is 4.74 Å². The van der Waals surface area contributed by atoms with Crippen molar-refractivity contribution in [3.05, 3.63) is 35.9 Å². The quantitative estimate of drug-likeness (QED) is 0.638. The van der Waals surface area contributed by atoms with Gasteiger partial charge in [-0.3, -0.25) is 0 Å². The smallest absolute Gasteiger partial charge is 0.408 e. The highest BCUT2D eigenvalue weighted by Gasteiger charge is 2.26. The Morgan fingerprint density at radius 2 is 1.95 bits per heavy atom. The van der Waals surface area contributed by atoms with Crippen LogP contribution in [0.2, 0.25) is 0 Å². The normalized spacial score (nSPS) is 13.2. The zero-order chi connectivity index (χ0) is 14.3. The number of rotatable bonds is 5. The van der Waals surface area contributed by atoms with Gasteiger partial charge in [0.25, 0.3) is 0 Å². The Balaban J connectivity index is 2.47. The fourth-order valence-corrected chi connectivity index (χ4v) is 1.59. The molecule has 0 aliphatic carbocycles. The molecule has 0 aliphatic rings. The highest BCUT2D eigenvalue weighted by Crippen LogP contribution is 2.05. The Morgan fingerprint density at radius 1 is 1.32 bits per heavy atom. The highest BCUT2D eigenvalue weighted by molar-refractivity contribution is 7.81. The van der Waals surface area contributed by atoms with Crippen LogP contribution in [0.4, 0.5) is 4.79 Å². The lowest BCUT2D eigenvalue weighted by Crippen LogP contribution is -2.46. The molecule has 0 aromatic heterocycles. The van der Waals surface area contributed by atoms with Crippen LogP contribution >= 0.6 is 12.6 Å². The fourth-order valence-electron chi connectivity index (χ4n) is 1.40. The van der Waals surface area contributed by atoms with E-state index in [1.54, 1.807) is 6.92 Å². The molecule has 0 heterocycles. The topological polar surface area (TPSA) is 64.6 Å². The van der Waals surface area contributed by atoms with Gasteiger partial charge in [-0.15, -0.1) is 0 Å². The van der Waals surface area contributed by atoms with E-state index in [2.05, 4.69) is 22.7 Å². The number of carbonyl (C=O) groups is 2. The predicted molar refractivity (Wildman–Crippen MR) is 74.0 cm³/mol. The number of esters is 1. The lowest BCUT2D eigenvalue weighted by molar-refractivity contribution is -0.142. The minimum atomic E-state index is -0.836. The maximum absolute atomic E-state index is 11.6. The lowest BCUT2D eigenvalue weighted by Gasteiger charge is -2.18. The molecule has 6 heteroatoms. The Hall–Kier alpha value is -1.69. The molecule has 0 spiro atoms. The summed E-state index contributed by atoms with van der Waals surface area (Å²) in [5.41, 5.74) is 0.867. The average Bonchev–Trinajstić information content (AvgIpc) is 2.42. The molecule has 19 heavy (non-hydrogen) atoms. The van der Waals surface area contributed by atoms with Crippen LogP contribution in [-0.2, 0) is 20.9 Å². The van der Waals surface area contributed by atoms with Crippen molar-refractivity contribution in [2.24, 2.45) is 0 Å². The Kier molecular flexibility index (Phi) is 6.21. The number of carbonyl (C=O) groups excluding carboxylic acids is 2. The fraction of sp³-hybridized carbons (Fsp3) is 0.385. The minimum Gasteiger partial charge on any atom is -0.467 e. The van der Waals surface area contributed by atoms with Gasteiger partial charge < -0.3 is 14.8 Å². The summed E-state index contributed by atoms with van der Waals surface area (Å²) >= 11 is 4.13. The standard InChI is InChI=1S/C13H17NO4S/c1-9(19)11(12(15)17-2)14-13(16)18-8-10-6-4-3-5-7-10/h3-7,9,11,19H,8H2,1-2H3,(H,14,16)/t9-,11+/m0/s1. The first-order chi connectivity index (χ1) is 9.04. The minimum absolute atomic E-state index is 0.140. The molecule has 1 rings (SSSR count). The molecule has 0 saturated heterocycles. The number of hydrogen-bond acceptors (Lipinski definition) is 5. The summed E-state index contributed by atoms with van der Waals surface area (Å²) in [5.74, 6) is -0.556. The Bertz CT molecular complexity index is 422. The third-order valence-corrected chi connectivity index (χ3v) is 2.72. The summed E-state index contributed by atoms with van der Waals surface area (Å²) < 4.78 is 9.59. The van der Waals surface area contributed by atoms with Crippen LogP contribution in [-0.4, -0.2) is 30.5 Å². The summed E-state index contributed by atoms with van der Waals surface area (Å²) in [5, 5.41) is 2.05. The maximum atomic E-state index is 11.6. The first-order valence-corrected chi connectivity index (χ1v) is 6.29. The van der Waals surface area contributed by atoms with Crippen LogP contribution in [0, 0.1) is 0 Å². The van der Waals surface area contributed by atoms with Gasteiger partial charge in [-0.25, -0.2) is 9.59 Å². The van der Waals surface area contributed by atoms with Crippen LogP contribution in [0.15, 0.2) is 30.3 Å². The maximum Gasteiger partial charge on any atom is 0.408 e. The molecule has 0 bridgehead atoms. The summed E-state index contributed by atoms with van der Waals surface area (Å²) in [6, 6.07) is 8.42. The second-order valence-electron chi connectivity index (χ2n) is 3.95. The summed E-state index contributed by atoms with van der Waals surface area (Å²) in [6.45, 7) is 1.82. The molecule has 104 valence electrons. The molecular weight excluding hydrogens is 266 g/mol. The van der Waals surface area contributed by atoms with E-state index < -0.39 is 18.1 Å². The van der Waals surface area contributed by atoms with E-state index in [0.29, 0.717) is 0 Å². The number of nitrogens with one attached hydrogen (secondary N) is 1. The number of alkyl carbamates (subject to hydrolysis) is 1. The van der Waals surface area contributed by atoms with Gasteiger partial charge >= 0.3 is 12.1 Å². The van der Waals surface area contributed by atoms with E-state index in [9.17, 15) is 9.59 Å². The average molecular weight is 283 g/mol. The van der Waals surface area contributed by atoms with Gasteiger partial charge in [0, 0.05) is 5.25 Å². The molecule has 1 amide bonds. The second-order valence-corrected chi connectivity index (χ2v) is 4.76. The van der Waals surface area contributed by atoms with Gasteiger partial charge in [-0.05, 0) is 5.56 Å². The van der Waals surface area contributed by atoms with Gasteiger partial charge in [-0.1, -0.05) is 37.3 Å².